The molecule has 0 saturated carbocycles. The Kier molecular flexibility index (Phi) is 3.07. The first-order chi connectivity index (χ1) is 9.38. The van der Waals surface area contributed by atoms with E-state index in [0.717, 1.165) is 25.0 Å². The van der Waals surface area contributed by atoms with Crippen LogP contribution >= 0.6 is 0 Å². The first kappa shape index (κ1) is 13.5. The molecule has 0 atom stereocenters. The van der Waals surface area contributed by atoms with Gasteiger partial charge in [-0.05, 0) is 44.5 Å². The number of nitrogens with two attached hydrogens (primary N) is 1. The van der Waals surface area contributed by atoms with Crippen molar-refractivity contribution < 1.29 is 0 Å². The van der Waals surface area contributed by atoms with Gasteiger partial charge < -0.3 is 10.6 Å². The van der Waals surface area contributed by atoms with Gasteiger partial charge in [0.25, 0.3) is 0 Å². The highest BCUT2D eigenvalue weighted by Crippen LogP contribution is 2.34. The third kappa shape index (κ3) is 2.11. The van der Waals surface area contributed by atoms with Crippen LogP contribution in [0.1, 0.15) is 36.2 Å². The van der Waals surface area contributed by atoms with Crippen molar-refractivity contribution in [1.82, 2.24) is 9.88 Å². The molecule has 0 bridgehead atoms. The highest BCUT2D eigenvalue weighted by molar-refractivity contribution is 5.87. The Morgan fingerprint density at radius 1 is 1.30 bits per heavy atom. The molecule has 20 heavy (non-hydrogen) atoms. The van der Waals surface area contributed by atoms with Crippen molar-refractivity contribution in [3.63, 3.8) is 0 Å². The molecule has 0 saturated heterocycles. The summed E-state index contributed by atoms with van der Waals surface area (Å²) in [6, 6.07) is 6.39. The summed E-state index contributed by atoms with van der Waals surface area (Å²) in [5.74, 6) is 0. The third-order valence-electron chi connectivity index (χ3n) is 4.21. The van der Waals surface area contributed by atoms with Crippen molar-refractivity contribution in [2.75, 3.05) is 13.6 Å². The molecular formula is C17H23N3. The van der Waals surface area contributed by atoms with E-state index >= 15 is 0 Å². The molecule has 2 N–H and O–H groups in total. The minimum Gasteiger partial charge on any atom is -0.322 e. The minimum atomic E-state index is -0.350. The van der Waals surface area contributed by atoms with Gasteiger partial charge in [0, 0.05) is 36.1 Å². The molecule has 0 fully saturated rings. The number of nitrogens with zero attached hydrogens (tertiary/aromatic N) is 2. The summed E-state index contributed by atoms with van der Waals surface area (Å²) < 4.78 is 0. The lowest BCUT2D eigenvalue weighted by atomic mass is 9.84. The van der Waals surface area contributed by atoms with Gasteiger partial charge in [-0.15, -0.1) is 0 Å². The van der Waals surface area contributed by atoms with Crippen LogP contribution in [0.25, 0.3) is 10.9 Å². The number of hydrogen-bond donors (Lipinski definition) is 1. The van der Waals surface area contributed by atoms with Gasteiger partial charge in [0.1, 0.15) is 0 Å². The second-order valence-electron chi connectivity index (χ2n) is 6.59. The van der Waals surface area contributed by atoms with Gasteiger partial charge in [0.2, 0.25) is 0 Å². The maximum atomic E-state index is 6.50. The number of pyridine rings is 1. The van der Waals surface area contributed by atoms with Gasteiger partial charge in [0.05, 0.1) is 5.52 Å². The van der Waals surface area contributed by atoms with Gasteiger partial charge in [-0.2, -0.15) is 0 Å². The van der Waals surface area contributed by atoms with Crippen LogP contribution in [-0.4, -0.2) is 23.5 Å². The van der Waals surface area contributed by atoms with E-state index in [1.807, 2.05) is 0 Å². The Hall–Kier alpha value is -1.45. The summed E-state index contributed by atoms with van der Waals surface area (Å²) in [5.41, 5.74) is 12.3. The van der Waals surface area contributed by atoms with Crippen LogP contribution in [0.3, 0.4) is 0 Å². The van der Waals surface area contributed by atoms with Crippen LogP contribution < -0.4 is 5.73 Å². The fourth-order valence-electron chi connectivity index (χ4n) is 3.28. The molecule has 1 aromatic carbocycles. The zero-order chi connectivity index (χ0) is 14.5. The van der Waals surface area contributed by atoms with Crippen LogP contribution in [0.4, 0.5) is 0 Å². The number of para-hydroxylation sites is 1. The molecule has 3 nitrogen and oxygen atoms in total. The van der Waals surface area contributed by atoms with Gasteiger partial charge in [0.15, 0.2) is 0 Å². The van der Waals surface area contributed by atoms with Gasteiger partial charge >= 0.3 is 0 Å². The molecular weight excluding hydrogens is 246 g/mol. The normalized spacial score (nSPS) is 16.4. The molecule has 0 unspecified atom stereocenters. The van der Waals surface area contributed by atoms with Crippen molar-refractivity contribution >= 4 is 10.9 Å². The van der Waals surface area contributed by atoms with Crippen LogP contribution in [0.2, 0.25) is 0 Å². The first-order valence-corrected chi connectivity index (χ1v) is 7.27. The molecule has 3 rings (SSSR count). The van der Waals surface area contributed by atoms with Gasteiger partial charge in [-0.1, -0.05) is 18.2 Å². The van der Waals surface area contributed by atoms with E-state index in [4.69, 9.17) is 10.7 Å². The van der Waals surface area contributed by atoms with E-state index < -0.39 is 0 Å². The average molecular weight is 269 g/mol. The number of aromatic nitrogens is 1. The topological polar surface area (TPSA) is 42.1 Å². The van der Waals surface area contributed by atoms with E-state index in [0.29, 0.717) is 0 Å². The van der Waals surface area contributed by atoms with Crippen LogP contribution in [-0.2, 0) is 18.5 Å². The Morgan fingerprint density at radius 3 is 2.75 bits per heavy atom. The summed E-state index contributed by atoms with van der Waals surface area (Å²) in [7, 11) is 2.16. The van der Waals surface area contributed by atoms with E-state index in [-0.39, 0.29) is 5.54 Å². The molecule has 1 aliphatic heterocycles. The highest BCUT2D eigenvalue weighted by atomic mass is 15.1. The van der Waals surface area contributed by atoms with E-state index in [1.165, 1.54) is 27.8 Å². The number of hydrogen-bond acceptors (Lipinski definition) is 3. The molecule has 106 valence electrons. The summed E-state index contributed by atoms with van der Waals surface area (Å²) in [6.45, 7) is 8.34. The highest BCUT2D eigenvalue weighted by Gasteiger charge is 2.27. The fraction of sp³-hybridized carbons (Fsp3) is 0.471. The maximum Gasteiger partial charge on any atom is 0.0738 e. The standard InChI is InChI=1S/C17H23N3/c1-11-6-5-7-12-15(17(2,3)18)13-10-20(4)9-8-14(13)19-16(11)12/h5-7H,8-10,18H2,1-4H3. The number of aryl methyl sites for hydroxylation is 1. The molecule has 2 aromatic rings. The molecule has 1 aliphatic rings. The Morgan fingerprint density at radius 2 is 2.05 bits per heavy atom. The second kappa shape index (κ2) is 4.54. The molecule has 0 spiro atoms. The predicted molar refractivity (Wildman–Crippen MR) is 83.7 cm³/mol. The van der Waals surface area contributed by atoms with Gasteiger partial charge in [-0.3, -0.25) is 4.98 Å². The fourth-order valence-corrected chi connectivity index (χ4v) is 3.28. The maximum absolute atomic E-state index is 6.50. The minimum absolute atomic E-state index is 0.350. The number of likely N-dealkylation sites (N-methyl/N-ethyl adjacent to an activating group) is 1. The summed E-state index contributed by atoms with van der Waals surface area (Å²) >= 11 is 0. The first-order valence-electron chi connectivity index (χ1n) is 7.27. The molecule has 0 aliphatic carbocycles. The number of rotatable bonds is 1. The van der Waals surface area contributed by atoms with Crippen molar-refractivity contribution in [1.29, 1.82) is 0 Å². The molecule has 1 aromatic heterocycles. The lowest BCUT2D eigenvalue weighted by Crippen LogP contribution is -2.35. The predicted octanol–water partition coefficient (Wildman–Crippen LogP) is 2.72. The zero-order valence-corrected chi connectivity index (χ0v) is 12.8. The monoisotopic (exact) mass is 269 g/mol. The van der Waals surface area contributed by atoms with Crippen molar-refractivity contribution in [3.8, 4) is 0 Å². The molecule has 0 amide bonds. The largest absolute Gasteiger partial charge is 0.322 e. The van der Waals surface area contributed by atoms with E-state index in [2.05, 4.69) is 50.9 Å². The van der Waals surface area contributed by atoms with Crippen molar-refractivity contribution in [2.45, 2.75) is 39.3 Å². The smallest absolute Gasteiger partial charge is 0.0738 e. The lowest BCUT2D eigenvalue weighted by molar-refractivity contribution is 0.306. The van der Waals surface area contributed by atoms with E-state index in [1.54, 1.807) is 0 Å². The quantitative estimate of drug-likeness (QED) is 0.865. The molecule has 3 heteroatoms. The SMILES string of the molecule is Cc1cccc2c(C(C)(C)N)c3c(nc12)CCN(C)C3. The molecule has 0 radical (unpaired) electrons. The average Bonchev–Trinajstić information content (AvgIpc) is 2.35. The lowest BCUT2D eigenvalue weighted by Gasteiger charge is -2.32. The summed E-state index contributed by atoms with van der Waals surface area (Å²) in [5, 5.41) is 1.21. The van der Waals surface area contributed by atoms with Gasteiger partial charge in [-0.25, -0.2) is 0 Å². The van der Waals surface area contributed by atoms with Crippen LogP contribution in [0.5, 0.6) is 0 Å². The summed E-state index contributed by atoms with van der Waals surface area (Å²) in [6.07, 6.45) is 1.01. The van der Waals surface area contributed by atoms with Crippen molar-refractivity contribution in [2.24, 2.45) is 5.73 Å². The summed E-state index contributed by atoms with van der Waals surface area (Å²) in [4.78, 5) is 7.29. The molecule has 2 heterocycles. The Labute approximate surface area is 120 Å². The van der Waals surface area contributed by atoms with E-state index in [9.17, 15) is 0 Å². The zero-order valence-electron chi connectivity index (χ0n) is 12.8. The number of benzene rings is 1. The van der Waals surface area contributed by atoms with Crippen LogP contribution in [0.15, 0.2) is 18.2 Å². The number of fused-ring (bicyclic) bond motifs is 2. The van der Waals surface area contributed by atoms with Crippen LogP contribution in [0, 0.1) is 6.92 Å². The second-order valence-corrected chi connectivity index (χ2v) is 6.59. The third-order valence-corrected chi connectivity index (χ3v) is 4.21. The van der Waals surface area contributed by atoms with Crippen molar-refractivity contribution in [3.05, 3.63) is 40.6 Å². The Balaban J connectivity index is 2.41. The Bertz CT molecular complexity index is 668.